The van der Waals surface area contributed by atoms with E-state index >= 15 is 0 Å². The van der Waals surface area contributed by atoms with E-state index in [0.717, 1.165) is 31.6 Å². The van der Waals surface area contributed by atoms with Gasteiger partial charge in [0.25, 0.3) is 0 Å². The highest BCUT2D eigenvalue weighted by atomic mass is 79.9. The molecule has 4 heteroatoms. The molecule has 0 aromatic heterocycles. The van der Waals surface area contributed by atoms with Gasteiger partial charge in [0.2, 0.25) is 0 Å². The van der Waals surface area contributed by atoms with Crippen LogP contribution in [-0.2, 0) is 14.3 Å². The molecule has 4 fully saturated rings. The van der Waals surface area contributed by atoms with E-state index in [0.29, 0.717) is 23.5 Å². The van der Waals surface area contributed by atoms with Crippen molar-refractivity contribution in [2.24, 2.45) is 34.5 Å². The topological polar surface area (TPSA) is 43.4 Å². The van der Waals surface area contributed by atoms with Crippen LogP contribution in [0, 0.1) is 34.5 Å². The van der Waals surface area contributed by atoms with Gasteiger partial charge in [-0.25, -0.2) is 0 Å². The standard InChI is InChI=1S/C22H33BrO3/c1-13(24)26-22(4)10-8-17-15-6-5-14-11-19(25)18(23)12-20(14,2)16(15)7-9-21(17,22)3/h14-18H,5-12H2,1-4H3/t14?,15-,16-,17+,18?,20+,21+,22?/m1/s1. The van der Waals surface area contributed by atoms with Crippen molar-refractivity contribution in [2.45, 2.75) is 89.5 Å². The van der Waals surface area contributed by atoms with Crippen LogP contribution in [0.3, 0.4) is 0 Å². The Morgan fingerprint density at radius 1 is 1.08 bits per heavy atom. The minimum atomic E-state index is -0.313. The summed E-state index contributed by atoms with van der Waals surface area (Å²) in [5.41, 5.74) is 0.0702. The molecule has 0 aliphatic heterocycles. The number of ketones is 1. The van der Waals surface area contributed by atoms with E-state index in [9.17, 15) is 9.59 Å². The molecule has 3 unspecified atom stereocenters. The zero-order valence-electron chi connectivity index (χ0n) is 16.6. The number of ether oxygens (including phenoxy) is 1. The molecule has 0 radical (unpaired) electrons. The van der Waals surface area contributed by atoms with Gasteiger partial charge in [-0.05, 0) is 81.0 Å². The molecule has 0 spiro atoms. The van der Waals surface area contributed by atoms with Gasteiger partial charge in [0.1, 0.15) is 11.4 Å². The van der Waals surface area contributed by atoms with Crippen LogP contribution in [0.5, 0.6) is 0 Å². The highest BCUT2D eigenvalue weighted by Gasteiger charge is 2.65. The summed E-state index contributed by atoms with van der Waals surface area (Å²) in [6, 6.07) is 0. The Balaban J connectivity index is 1.63. The quantitative estimate of drug-likeness (QED) is 0.423. The third-order valence-corrected chi connectivity index (χ3v) is 10.2. The SMILES string of the molecule is CC(=O)OC1(C)CC[C@H]2[C@@H]3CCC4CC(=O)C(Br)C[C@]4(C)[C@@H]3CC[C@@]21C. The Kier molecular flexibility index (Phi) is 4.42. The van der Waals surface area contributed by atoms with Crippen molar-refractivity contribution in [3.63, 3.8) is 0 Å². The predicted octanol–water partition coefficient (Wildman–Crippen LogP) is 5.29. The van der Waals surface area contributed by atoms with Gasteiger partial charge in [-0.15, -0.1) is 0 Å². The third kappa shape index (κ3) is 2.49. The fourth-order valence-electron chi connectivity index (χ4n) is 7.77. The van der Waals surface area contributed by atoms with E-state index in [2.05, 4.69) is 36.7 Å². The highest BCUT2D eigenvalue weighted by molar-refractivity contribution is 9.10. The average Bonchev–Trinajstić information content (AvgIpc) is 2.80. The molecular weight excluding hydrogens is 392 g/mol. The van der Waals surface area contributed by atoms with E-state index in [1.165, 1.54) is 25.7 Å². The molecule has 4 aliphatic carbocycles. The normalized spacial score (nSPS) is 53.4. The van der Waals surface area contributed by atoms with Crippen LogP contribution in [0.15, 0.2) is 0 Å². The Labute approximate surface area is 166 Å². The van der Waals surface area contributed by atoms with Crippen LogP contribution in [0.1, 0.15) is 79.1 Å². The maximum atomic E-state index is 12.3. The molecule has 3 nitrogen and oxygen atoms in total. The molecule has 0 aromatic rings. The van der Waals surface area contributed by atoms with E-state index in [-0.39, 0.29) is 27.2 Å². The second-order valence-electron chi connectivity index (χ2n) is 10.3. The maximum Gasteiger partial charge on any atom is 0.303 e. The van der Waals surface area contributed by atoms with Crippen LogP contribution >= 0.6 is 15.9 Å². The van der Waals surface area contributed by atoms with Crippen molar-refractivity contribution in [3.8, 4) is 0 Å². The number of hydrogen-bond acceptors (Lipinski definition) is 3. The van der Waals surface area contributed by atoms with Gasteiger partial charge in [-0.3, -0.25) is 9.59 Å². The molecule has 4 aliphatic rings. The van der Waals surface area contributed by atoms with Crippen molar-refractivity contribution in [2.75, 3.05) is 0 Å². The number of rotatable bonds is 1. The lowest BCUT2D eigenvalue weighted by molar-refractivity contribution is -0.182. The summed E-state index contributed by atoms with van der Waals surface area (Å²) in [5.74, 6) is 2.92. The first-order valence-corrected chi connectivity index (χ1v) is 11.4. The lowest BCUT2D eigenvalue weighted by atomic mass is 9.44. The molecule has 146 valence electrons. The average molecular weight is 425 g/mol. The first kappa shape index (κ1) is 19.0. The lowest BCUT2D eigenvalue weighted by Crippen LogP contribution is -2.57. The molecule has 0 bridgehead atoms. The summed E-state index contributed by atoms with van der Waals surface area (Å²) in [4.78, 5) is 24.1. The second-order valence-corrected chi connectivity index (χ2v) is 11.4. The fraction of sp³-hybridized carbons (Fsp3) is 0.909. The Morgan fingerprint density at radius 2 is 1.77 bits per heavy atom. The molecule has 0 N–H and O–H groups in total. The largest absolute Gasteiger partial charge is 0.459 e. The molecule has 4 saturated carbocycles. The van der Waals surface area contributed by atoms with Crippen molar-refractivity contribution in [3.05, 3.63) is 0 Å². The molecule has 4 rings (SSSR count). The van der Waals surface area contributed by atoms with Crippen LogP contribution in [0.25, 0.3) is 0 Å². The van der Waals surface area contributed by atoms with E-state index < -0.39 is 0 Å². The van der Waals surface area contributed by atoms with Gasteiger partial charge in [-0.1, -0.05) is 29.8 Å². The number of alkyl halides is 1. The van der Waals surface area contributed by atoms with Crippen molar-refractivity contribution >= 4 is 27.7 Å². The van der Waals surface area contributed by atoms with Crippen LogP contribution in [-0.4, -0.2) is 22.2 Å². The summed E-state index contributed by atoms with van der Waals surface area (Å²) in [5, 5.41) is 0. The summed E-state index contributed by atoms with van der Waals surface area (Å²) < 4.78 is 5.92. The number of carbonyl (C=O) groups is 2. The van der Waals surface area contributed by atoms with Gasteiger partial charge >= 0.3 is 5.97 Å². The molecule has 0 heterocycles. The van der Waals surface area contributed by atoms with Gasteiger partial charge in [0.15, 0.2) is 0 Å². The number of Topliss-reactive ketones (excluding diaryl/α,β-unsaturated/α-hetero) is 1. The molecule has 0 saturated heterocycles. The Bertz CT molecular complexity index is 633. The number of hydrogen-bond donors (Lipinski definition) is 0. The zero-order chi connectivity index (χ0) is 18.9. The fourth-order valence-corrected chi connectivity index (χ4v) is 8.65. The minimum absolute atomic E-state index is 0.0469. The van der Waals surface area contributed by atoms with Crippen LogP contribution in [0.4, 0.5) is 0 Å². The first-order chi connectivity index (χ1) is 12.1. The second kappa shape index (κ2) is 6.06. The number of halogens is 1. The smallest absolute Gasteiger partial charge is 0.303 e. The minimum Gasteiger partial charge on any atom is -0.459 e. The third-order valence-electron chi connectivity index (χ3n) is 9.38. The predicted molar refractivity (Wildman–Crippen MR) is 105 cm³/mol. The summed E-state index contributed by atoms with van der Waals surface area (Å²) in [7, 11) is 0. The number of carbonyl (C=O) groups excluding carboxylic acids is 2. The van der Waals surface area contributed by atoms with Gasteiger partial charge in [0, 0.05) is 18.8 Å². The summed E-state index contributed by atoms with van der Waals surface area (Å²) >= 11 is 3.67. The summed E-state index contributed by atoms with van der Waals surface area (Å²) in [6.07, 6.45) is 8.75. The monoisotopic (exact) mass is 424 g/mol. The summed E-state index contributed by atoms with van der Waals surface area (Å²) in [6.45, 7) is 8.58. The zero-order valence-corrected chi connectivity index (χ0v) is 18.2. The van der Waals surface area contributed by atoms with E-state index in [1.54, 1.807) is 6.92 Å². The molecule has 0 aromatic carbocycles. The van der Waals surface area contributed by atoms with Crippen LogP contribution < -0.4 is 0 Å². The number of fused-ring (bicyclic) bond motifs is 5. The van der Waals surface area contributed by atoms with Gasteiger partial charge in [-0.2, -0.15) is 0 Å². The Hall–Kier alpha value is -0.380. The van der Waals surface area contributed by atoms with E-state index in [1.807, 2.05) is 0 Å². The van der Waals surface area contributed by atoms with Crippen molar-refractivity contribution < 1.29 is 14.3 Å². The van der Waals surface area contributed by atoms with Gasteiger partial charge < -0.3 is 4.74 Å². The first-order valence-electron chi connectivity index (χ1n) is 10.5. The van der Waals surface area contributed by atoms with Crippen molar-refractivity contribution in [1.82, 2.24) is 0 Å². The molecule has 8 atom stereocenters. The van der Waals surface area contributed by atoms with Crippen molar-refractivity contribution in [1.29, 1.82) is 0 Å². The maximum absolute atomic E-state index is 12.3. The van der Waals surface area contributed by atoms with E-state index in [4.69, 9.17) is 4.74 Å². The number of esters is 1. The lowest BCUT2D eigenvalue weighted by Gasteiger charge is -2.61. The molecule has 0 amide bonds. The van der Waals surface area contributed by atoms with Gasteiger partial charge in [0.05, 0.1) is 4.83 Å². The Morgan fingerprint density at radius 3 is 2.46 bits per heavy atom. The molecular formula is C22H33BrO3. The molecule has 26 heavy (non-hydrogen) atoms. The van der Waals surface area contributed by atoms with Crippen LogP contribution in [0.2, 0.25) is 0 Å². The highest BCUT2D eigenvalue weighted by Crippen LogP contribution is 2.68.